The van der Waals surface area contributed by atoms with E-state index in [2.05, 4.69) is 28.6 Å². The molecule has 4 aromatic rings. The standard InChI is InChI=1S/C25H22ClN5OS/c26-17-5-1-15(2-6-17)14-29-18-7-3-16-4-12-21-23(25(27)32)30-31(24(21)22(16)13-18)19-8-10-20(33-28)11-9-19/h1-3,5-11,13,29H,4,12,14,28H2,(H2,27,32)/p+1. The Balaban J connectivity index is 1.55. The summed E-state index contributed by atoms with van der Waals surface area (Å²) in [5.41, 5.74) is 13.5. The van der Waals surface area contributed by atoms with Gasteiger partial charge in [0.05, 0.1) is 11.1 Å². The molecule has 1 amide bonds. The van der Waals surface area contributed by atoms with E-state index in [1.807, 2.05) is 53.2 Å². The van der Waals surface area contributed by atoms with Gasteiger partial charge in [-0.05, 0) is 72.3 Å². The molecule has 5 rings (SSSR count). The lowest BCUT2D eigenvalue weighted by molar-refractivity contribution is -0.644. The number of amides is 1. The summed E-state index contributed by atoms with van der Waals surface area (Å²) in [6.45, 7) is 0.681. The molecule has 6 nitrogen and oxygen atoms in total. The van der Waals surface area contributed by atoms with E-state index in [-0.39, 0.29) is 0 Å². The van der Waals surface area contributed by atoms with Crippen molar-refractivity contribution >= 4 is 35.1 Å². The van der Waals surface area contributed by atoms with Crippen molar-refractivity contribution in [1.82, 2.24) is 5.10 Å². The molecule has 0 radical (unpaired) electrons. The van der Waals surface area contributed by atoms with E-state index in [0.717, 1.165) is 56.5 Å². The quantitative estimate of drug-likeness (QED) is 0.245. The molecule has 1 aliphatic carbocycles. The molecule has 1 aromatic heterocycles. The third-order valence-electron chi connectivity index (χ3n) is 5.93. The van der Waals surface area contributed by atoms with E-state index in [4.69, 9.17) is 22.5 Å². The number of aromatic nitrogens is 2. The molecule has 3 aromatic carbocycles. The number of primary amides is 1. The highest BCUT2D eigenvalue weighted by atomic mass is 35.5. The SMILES string of the molecule is NSc1ccc(-[n+]2[nH]c(C(N)=O)c3c2-c2cc(NCc4ccc(Cl)cc4)ccc2CC3)cc1. The second-order valence-corrected chi connectivity index (χ2v) is 9.12. The number of aryl methyl sites for hydroxylation is 1. The summed E-state index contributed by atoms with van der Waals surface area (Å²) >= 11 is 7.19. The minimum Gasteiger partial charge on any atom is -0.381 e. The number of carbonyl (C=O) groups is 1. The van der Waals surface area contributed by atoms with Gasteiger partial charge in [-0.2, -0.15) is 5.10 Å². The first-order chi connectivity index (χ1) is 16.0. The number of halogens is 1. The van der Waals surface area contributed by atoms with Gasteiger partial charge in [0.2, 0.25) is 11.4 Å². The first kappa shape index (κ1) is 21.6. The Morgan fingerprint density at radius 3 is 2.52 bits per heavy atom. The van der Waals surface area contributed by atoms with Gasteiger partial charge in [0.25, 0.3) is 5.91 Å². The van der Waals surface area contributed by atoms with Crippen LogP contribution < -0.4 is 20.9 Å². The normalized spacial score (nSPS) is 12.2. The molecule has 33 heavy (non-hydrogen) atoms. The van der Waals surface area contributed by atoms with E-state index in [9.17, 15) is 4.79 Å². The van der Waals surface area contributed by atoms with Crippen molar-refractivity contribution in [3.05, 3.63) is 94.1 Å². The zero-order valence-corrected chi connectivity index (χ0v) is 19.3. The van der Waals surface area contributed by atoms with Crippen molar-refractivity contribution in [2.75, 3.05) is 5.32 Å². The Labute approximate surface area is 201 Å². The highest BCUT2D eigenvalue weighted by Gasteiger charge is 2.34. The maximum Gasteiger partial charge on any atom is 0.271 e. The van der Waals surface area contributed by atoms with Crippen LogP contribution in [-0.4, -0.2) is 11.0 Å². The number of carbonyl (C=O) groups excluding carboxylic acids is 1. The summed E-state index contributed by atoms with van der Waals surface area (Å²) < 4.78 is 1.95. The predicted molar refractivity (Wildman–Crippen MR) is 133 cm³/mol. The minimum absolute atomic E-state index is 0.451. The van der Waals surface area contributed by atoms with Crippen LogP contribution in [0.4, 0.5) is 5.69 Å². The average molecular weight is 477 g/mol. The number of hydrogen-bond acceptors (Lipinski definition) is 4. The molecule has 0 aliphatic heterocycles. The number of nitrogens with two attached hydrogens (primary N) is 2. The lowest BCUT2D eigenvalue weighted by Gasteiger charge is -2.16. The molecule has 1 aliphatic rings. The number of aromatic amines is 1. The smallest absolute Gasteiger partial charge is 0.271 e. The Hall–Kier alpha value is -3.26. The third-order valence-corrected chi connectivity index (χ3v) is 6.73. The van der Waals surface area contributed by atoms with E-state index in [1.165, 1.54) is 17.5 Å². The van der Waals surface area contributed by atoms with Crippen LogP contribution in [-0.2, 0) is 19.4 Å². The molecule has 0 bridgehead atoms. The molecular weight excluding hydrogens is 454 g/mol. The van der Waals surface area contributed by atoms with Crippen molar-refractivity contribution in [2.24, 2.45) is 10.9 Å². The first-order valence-electron chi connectivity index (χ1n) is 10.6. The summed E-state index contributed by atoms with van der Waals surface area (Å²) in [4.78, 5) is 13.2. The number of rotatable bonds is 6. The zero-order chi connectivity index (χ0) is 22.9. The number of H-pyrrole nitrogens is 1. The molecule has 0 saturated heterocycles. The summed E-state index contributed by atoms with van der Waals surface area (Å²) in [5.74, 6) is -0.459. The molecule has 0 fully saturated rings. The number of benzene rings is 3. The van der Waals surface area contributed by atoms with Crippen molar-refractivity contribution in [1.29, 1.82) is 0 Å². The Morgan fingerprint density at radius 2 is 1.82 bits per heavy atom. The Bertz CT molecular complexity index is 1330. The lowest BCUT2D eigenvalue weighted by Crippen LogP contribution is -2.36. The molecule has 8 heteroatoms. The van der Waals surface area contributed by atoms with Crippen molar-refractivity contribution in [3.63, 3.8) is 0 Å². The maximum absolute atomic E-state index is 12.2. The predicted octanol–water partition coefficient (Wildman–Crippen LogP) is 4.39. The van der Waals surface area contributed by atoms with Gasteiger partial charge < -0.3 is 11.1 Å². The second-order valence-electron chi connectivity index (χ2n) is 7.98. The fourth-order valence-corrected chi connectivity index (χ4v) is 4.70. The van der Waals surface area contributed by atoms with Gasteiger partial charge in [0.15, 0.2) is 5.69 Å². The maximum atomic E-state index is 12.2. The molecular formula is C25H23ClN5OS+. The summed E-state index contributed by atoms with van der Waals surface area (Å²) in [6.07, 6.45) is 1.60. The largest absolute Gasteiger partial charge is 0.381 e. The monoisotopic (exact) mass is 476 g/mol. The van der Waals surface area contributed by atoms with Crippen LogP contribution in [0, 0.1) is 0 Å². The molecule has 0 spiro atoms. The van der Waals surface area contributed by atoms with Crippen molar-refractivity contribution < 1.29 is 9.48 Å². The number of hydrogen-bond donors (Lipinski definition) is 4. The number of fused-ring (bicyclic) bond motifs is 3. The van der Waals surface area contributed by atoms with Crippen LogP contribution in [0.15, 0.2) is 71.6 Å². The molecule has 0 atom stereocenters. The van der Waals surface area contributed by atoms with E-state index < -0.39 is 5.91 Å². The van der Waals surface area contributed by atoms with E-state index in [1.54, 1.807) is 0 Å². The number of anilines is 1. The average Bonchev–Trinajstić information content (AvgIpc) is 3.24. The van der Waals surface area contributed by atoms with Crippen molar-refractivity contribution in [2.45, 2.75) is 24.3 Å². The van der Waals surface area contributed by atoms with Gasteiger partial charge in [-0.1, -0.05) is 34.5 Å². The minimum atomic E-state index is -0.459. The van der Waals surface area contributed by atoms with Crippen LogP contribution >= 0.6 is 23.5 Å². The number of nitrogens with one attached hydrogen (secondary N) is 2. The molecule has 6 N–H and O–H groups in total. The van der Waals surface area contributed by atoms with Crippen LogP contribution in [0.25, 0.3) is 16.9 Å². The first-order valence-corrected chi connectivity index (χ1v) is 11.8. The van der Waals surface area contributed by atoms with Gasteiger partial charge in [0, 0.05) is 34.3 Å². The highest BCUT2D eigenvalue weighted by Crippen LogP contribution is 2.35. The van der Waals surface area contributed by atoms with E-state index in [0.29, 0.717) is 12.2 Å². The zero-order valence-electron chi connectivity index (χ0n) is 17.8. The second kappa shape index (κ2) is 8.94. The van der Waals surface area contributed by atoms with Gasteiger partial charge in [-0.25, -0.2) is 0 Å². The summed E-state index contributed by atoms with van der Waals surface area (Å²) in [5, 5.41) is 13.1. The fraction of sp³-hybridized carbons (Fsp3) is 0.120. The summed E-state index contributed by atoms with van der Waals surface area (Å²) in [7, 11) is 0. The van der Waals surface area contributed by atoms with E-state index >= 15 is 0 Å². The summed E-state index contributed by atoms with van der Waals surface area (Å²) in [6, 6.07) is 22.1. The number of nitrogens with zero attached hydrogens (tertiary/aromatic N) is 1. The molecule has 166 valence electrons. The van der Waals surface area contributed by atoms with Gasteiger partial charge in [0.1, 0.15) is 0 Å². The molecule has 0 saturated carbocycles. The van der Waals surface area contributed by atoms with Crippen LogP contribution in [0.2, 0.25) is 5.02 Å². The van der Waals surface area contributed by atoms with Gasteiger partial charge >= 0.3 is 0 Å². The fourth-order valence-electron chi connectivity index (χ4n) is 4.28. The van der Waals surface area contributed by atoms with Crippen LogP contribution in [0.5, 0.6) is 0 Å². The molecule has 1 heterocycles. The van der Waals surface area contributed by atoms with Crippen LogP contribution in [0.3, 0.4) is 0 Å². The van der Waals surface area contributed by atoms with Gasteiger partial charge in [-0.15, -0.1) is 0 Å². The Kier molecular flexibility index (Phi) is 5.85. The highest BCUT2D eigenvalue weighted by molar-refractivity contribution is 7.97. The van der Waals surface area contributed by atoms with Crippen molar-refractivity contribution in [3.8, 4) is 16.9 Å². The lowest BCUT2D eigenvalue weighted by atomic mass is 9.88. The Morgan fingerprint density at radius 1 is 1.06 bits per heavy atom. The molecule has 0 unspecified atom stereocenters. The third kappa shape index (κ3) is 4.23. The van der Waals surface area contributed by atoms with Crippen LogP contribution in [0.1, 0.15) is 27.2 Å². The van der Waals surface area contributed by atoms with Gasteiger partial charge in [-0.3, -0.25) is 9.93 Å². The topological polar surface area (TPSA) is 101 Å².